The fraction of sp³-hybridized carbons (Fsp3) is 0.462. The highest BCUT2D eigenvalue weighted by molar-refractivity contribution is 6.34. The third-order valence-electron chi connectivity index (χ3n) is 3.08. The first kappa shape index (κ1) is 12.4. The van der Waals surface area contributed by atoms with Crippen molar-refractivity contribution in [2.75, 3.05) is 11.9 Å². The molecule has 2 N–H and O–H groups in total. The number of amides is 1. The van der Waals surface area contributed by atoms with E-state index < -0.39 is 0 Å². The van der Waals surface area contributed by atoms with Gasteiger partial charge in [0, 0.05) is 0 Å². The molecule has 3 nitrogen and oxygen atoms in total. The van der Waals surface area contributed by atoms with Crippen LogP contribution in [0.1, 0.15) is 24.8 Å². The standard InChI is InChI=1S/C13H17ClN2O/c1-9-5-4-7-10(12(9)14)16-13(17)11-6-2-3-8-15-11/h4-5,7,11,15H,2-3,6,8H2,1H3,(H,16,17). The Labute approximate surface area is 107 Å². The van der Waals surface area contributed by atoms with E-state index in [2.05, 4.69) is 10.6 Å². The van der Waals surface area contributed by atoms with E-state index in [9.17, 15) is 4.79 Å². The molecule has 1 atom stereocenters. The first-order chi connectivity index (χ1) is 8.18. The maximum absolute atomic E-state index is 12.0. The second kappa shape index (κ2) is 5.52. The Morgan fingerprint density at radius 2 is 2.29 bits per heavy atom. The molecule has 1 unspecified atom stereocenters. The van der Waals surface area contributed by atoms with Gasteiger partial charge in [-0.1, -0.05) is 30.2 Å². The first-order valence-corrected chi connectivity index (χ1v) is 6.35. The number of aryl methyl sites for hydroxylation is 1. The lowest BCUT2D eigenvalue weighted by Gasteiger charge is -2.22. The highest BCUT2D eigenvalue weighted by Crippen LogP contribution is 2.25. The van der Waals surface area contributed by atoms with Crippen molar-refractivity contribution in [2.24, 2.45) is 0 Å². The molecule has 0 aliphatic carbocycles. The van der Waals surface area contributed by atoms with Crippen molar-refractivity contribution in [1.29, 1.82) is 0 Å². The topological polar surface area (TPSA) is 41.1 Å². The van der Waals surface area contributed by atoms with Gasteiger partial charge in [0.05, 0.1) is 16.8 Å². The van der Waals surface area contributed by atoms with Crippen molar-refractivity contribution >= 4 is 23.2 Å². The van der Waals surface area contributed by atoms with E-state index in [4.69, 9.17) is 11.6 Å². The van der Waals surface area contributed by atoms with Crippen LogP contribution in [0.3, 0.4) is 0 Å². The molecule has 0 spiro atoms. The number of piperidine rings is 1. The maximum atomic E-state index is 12.0. The molecule has 1 fully saturated rings. The van der Waals surface area contributed by atoms with E-state index in [0.29, 0.717) is 10.7 Å². The van der Waals surface area contributed by atoms with Gasteiger partial charge in [-0.2, -0.15) is 0 Å². The Kier molecular flexibility index (Phi) is 4.02. The van der Waals surface area contributed by atoms with E-state index in [0.717, 1.165) is 31.4 Å². The molecule has 1 saturated heterocycles. The molecule has 1 aliphatic heterocycles. The number of hydrogen-bond donors (Lipinski definition) is 2. The van der Waals surface area contributed by atoms with E-state index in [1.54, 1.807) is 0 Å². The Hall–Kier alpha value is -1.06. The summed E-state index contributed by atoms with van der Waals surface area (Å²) in [4.78, 5) is 12.0. The van der Waals surface area contributed by atoms with Gasteiger partial charge in [0.1, 0.15) is 0 Å². The fourth-order valence-corrected chi connectivity index (χ4v) is 2.21. The van der Waals surface area contributed by atoms with Gasteiger partial charge in [0.25, 0.3) is 0 Å². The smallest absolute Gasteiger partial charge is 0.241 e. The van der Waals surface area contributed by atoms with Crippen molar-refractivity contribution in [1.82, 2.24) is 5.32 Å². The van der Waals surface area contributed by atoms with Crippen LogP contribution >= 0.6 is 11.6 Å². The molecule has 17 heavy (non-hydrogen) atoms. The molecule has 1 aromatic carbocycles. The normalized spacial score (nSPS) is 20.0. The molecular weight excluding hydrogens is 236 g/mol. The third-order valence-corrected chi connectivity index (χ3v) is 3.58. The van der Waals surface area contributed by atoms with Gasteiger partial charge in [-0.15, -0.1) is 0 Å². The maximum Gasteiger partial charge on any atom is 0.241 e. The lowest BCUT2D eigenvalue weighted by atomic mass is 10.0. The van der Waals surface area contributed by atoms with Gasteiger partial charge < -0.3 is 10.6 Å². The van der Waals surface area contributed by atoms with Gasteiger partial charge in [-0.25, -0.2) is 0 Å². The monoisotopic (exact) mass is 252 g/mol. The van der Waals surface area contributed by atoms with E-state index in [1.807, 2.05) is 25.1 Å². The van der Waals surface area contributed by atoms with Crippen molar-refractivity contribution in [3.05, 3.63) is 28.8 Å². The third kappa shape index (κ3) is 2.99. The highest BCUT2D eigenvalue weighted by Gasteiger charge is 2.21. The summed E-state index contributed by atoms with van der Waals surface area (Å²) in [6, 6.07) is 5.57. The molecule has 1 aromatic rings. The minimum atomic E-state index is -0.0830. The summed E-state index contributed by atoms with van der Waals surface area (Å²) in [7, 11) is 0. The molecule has 2 rings (SSSR count). The van der Waals surface area contributed by atoms with Crippen LogP contribution in [-0.2, 0) is 4.79 Å². The number of rotatable bonds is 2. The van der Waals surface area contributed by atoms with E-state index in [1.165, 1.54) is 0 Å². The average molecular weight is 253 g/mol. The molecule has 4 heteroatoms. The minimum Gasteiger partial charge on any atom is -0.323 e. The van der Waals surface area contributed by atoms with Gasteiger partial charge in [-0.3, -0.25) is 4.79 Å². The Morgan fingerprint density at radius 3 is 3.00 bits per heavy atom. The van der Waals surface area contributed by atoms with E-state index >= 15 is 0 Å². The Balaban J connectivity index is 2.04. The zero-order valence-electron chi connectivity index (χ0n) is 9.92. The van der Waals surface area contributed by atoms with Crippen LogP contribution in [0.25, 0.3) is 0 Å². The molecule has 0 aromatic heterocycles. The Bertz CT molecular complexity index is 414. The van der Waals surface area contributed by atoms with Crippen LogP contribution in [0, 0.1) is 6.92 Å². The van der Waals surface area contributed by atoms with Crippen molar-refractivity contribution < 1.29 is 4.79 Å². The SMILES string of the molecule is Cc1cccc(NC(=O)C2CCCCN2)c1Cl. The summed E-state index contributed by atoms with van der Waals surface area (Å²) in [6.45, 7) is 2.84. The van der Waals surface area contributed by atoms with Crippen molar-refractivity contribution in [3.8, 4) is 0 Å². The molecule has 0 radical (unpaired) electrons. The molecule has 92 valence electrons. The summed E-state index contributed by atoms with van der Waals surface area (Å²) in [5, 5.41) is 6.73. The summed E-state index contributed by atoms with van der Waals surface area (Å²) in [5.41, 5.74) is 1.67. The predicted molar refractivity (Wildman–Crippen MR) is 70.5 cm³/mol. The molecule has 0 bridgehead atoms. The summed E-state index contributed by atoms with van der Waals surface area (Å²) in [6.07, 6.45) is 3.15. The number of carbonyl (C=O) groups excluding carboxylic acids is 1. The number of hydrogen-bond acceptors (Lipinski definition) is 2. The first-order valence-electron chi connectivity index (χ1n) is 5.98. The summed E-state index contributed by atoms with van der Waals surface area (Å²) < 4.78 is 0. The lowest BCUT2D eigenvalue weighted by molar-refractivity contribution is -0.118. The largest absolute Gasteiger partial charge is 0.323 e. The highest BCUT2D eigenvalue weighted by atomic mass is 35.5. The molecular formula is C13H17ClN2O. The zero-order valence-corrected chi connectivity index (χ0v) is 10.7. The molecule has 0 saturated carbocycles. The zero-order chi connectivity index (χ0) is 12.3. The number of nitrogens with one attached hydrogen (secondary N) is 2. The second-order valence-corrected chi connectivity index (χ2v) is 4.81. The van der Waals surface area contributed by atoms with Crippen LogP contribution in [0.5, 0.6) is 0 Å². The van der Waals surface area contributed by atoms with Crippen LogP contribution in [0.2, 0.25) is 5.02 Å². The van der Waals surface area contributed by atoms with Gasteiger partial charge in [-0.05, 0) is 37.9 Å². The molecule has 1 heterocycles. The number of anilines is 1. The van der Waals surface area contributed by atoms with E-state index in [-0.39, 0.29) is 11.9 Å². The van der Waals surface area contributed by atoms with Gasteiger partial charge in [0.2, 0.25) is 5.91 Å². The fourth-order valence-electron chi connectivity index (χ4n) is 2.04. The lowest BCUT2D eigenvalue weighted by Crippen LogP contribution is -2.43. The summed E-state index contributed by atoms with van der Waals surface area (Å²) in [5.74, 6) is 0.0113. The quantitative estimate of drug-likeness (QED) is 0.850. The minimum absolute atomic E-state index is 0.0113. The number of halogens is 1. The average Bonchev–Trinajstić information content (AvgIpc) is 2.36. The molecule has 1 amide bonds. The van der Waals surface area contributed by atoms with Crippen LogP contribution in [-0.4, -0.2) is 18.5 Å². The van der Waals surface area contributed by atoms with Crippen LogP contribution in [0.15, 0.2) is 18.2 Å². The van der Waals surface area contributed by atoms with Crippen LogP contribution < -0.4 is 10.6 Å². The van der Waals surface area contributed by atoms with Crippen molar-refractivity contribution in [3.63, 3.8) is 0 Å². The van der Waals surface area contributed by atoms with Gasteiger partial charge in [0.15, 0.2) is 0 Å². The van der Waals surface area contributed by atoms with Gasteiger partial charge >= 0.3 is 0 Å². The van der Waals surface area contributed by atoms with Crippen molar-refractivity contribution in [2.45, 2.75) is 32.2 Å². The number of carbonyl (C=O) groups is 1. The Morgan fingerprint density at radius 1 is 1.47 bits per heavy atom. The second-order valence-electron chi connectivity index (χ2n) is 4.43. The summed E-state index contributed by atoms with van der Waals surface area (Å²) >= 11 is 6.14. The van der Waals surface area contributed by atoms with Crippen LogP contribution in [0.4, 0.5) is 5.69 Å². The molecule has 1 aliphatic rings. The predicted octanol–water partition coefficient (Wildman–Crippen LogP) is 2.73. The number of benzene rings is 1.